The number of ether oxygens (including phenoxy) is 1. The van der Waals surface area contributed by atoms with E-state index in [1.54, 1.807) is 4.57 Å². The van der Waals surface area contributed by atoms with Crippen LogP contribution < -0.4 is 11.1 Å². The highest BCUT2D eigenvalue weighted by Crippen LogP contribution is 2.33. The standard InChI is InChI=1S/C19H24N4O3S/c1-13-2-5-15(27-13)9-21-7-6-19(11-21)12-22-16(10-26-19)20-23(8-14-3-4-14)18(25)17(22)24/h2,5,14H,3-4,6-12H2,1H3/t19-/m1/s1. The summed E-state index contributed by atoms with van der Waals surface area (Å²) in [6, 6.07) is 4.33. The Morgan fingerprint density at radius 3 is 2.85 bits per heavy atom. The summed E-state index contributed by atoms with van der Waals surface area (Å²) < 4.78 is 9.14. The summed E-state index contributed by atoms with van der Waals surface area (Å²) in [5.41, 5.74) is -1.33. The van der Waals surface area contributed by atoms with Gasteiger partial charge in [-0.1, -0.05) is 0 Å². The maximum absolute atomic E-state index is 12.7. The van der Waals surface area contributed by atoms with Gasteiger partial charge in [-0.2, -0.15) is 5.10 Å². The summed E-state index contributed by atoms with van der Waals surface area (Å²) in [5, 5.41) is 4.43. The van der Waals surface area contributed by atoms with E-state index in [1.807, 2.05) is 11.3 Å². The van der Waals surface area contributed by atoms with E-state index in [9.17, 15) is 9.59 Å². The van der Waals surface area contributed by atoms with Crippen molar-refractivity contribution in [1.29, 1.82) is 0 Å². The molecule has 0 unspecified atom stereocenters. The number of aryl methyl sites for hydroxylation is 1. The van der Waals surface area contributed by atoms with Crippen LogP contribution in [-0.4, -0.2) is 37.9 Å². The van der Waals surface area contributed by atoms with Gasteiger partial charge in [0.1, 0.15) is 12.2 Å². The first-order valence-electron chi connectivity index (χ1n) is 9.64. The number of fused-ring (bicyclic) bond motifs is 1. The van der Waals surface area contributed by atoms with E-state index in [4.69, 9.17) is 4.74 Å². The predicted molar refractivity (Wildman–Crippen MR) is 102 cm³/mol. The van der Waals surface area contributed by atoms with Crippen molar-refractivity contribution in [2.75, 3.05) is 13.1 Å². The van der Waals surface area contributed by atoms with Crippen LogP contribution in [0.3, 0.4) is 0 Å². The molecule has 0 bridgehead atoms. The second-order valence-corrected chi connectivity index (χ2v) is 9.56. The first-order valence-corrected chi connectivity index (χ1v) is 10.5. The van der Waals surface area contributed by atoms with Crippen LogP contribution in [0, 0.1) is 12.8 Å². The minimum Gasteiger partial charge on any atom is -0.364 e. The fourth-order valence-corrected chi connectivity index (χ4v) is 5.10. The van der Waals surface area contributed by atoms with Gasteiger partial charge in [0.25, 0.3) is 0 Å². The van der Waals surface area contributed by atoms with Crippen LogP contribution in [-0.2, 0) is 31.0 Å². The Morgan fingerprint density at radius 1 is 1.26 bits per heavy atom. The fourth-order valence-electron chi connectivity index (χ4n) is 4.17. The molecule has 8 heteroatoms. The van der Waals surface area contributed by atoms with Gasteiger partial charge in [-0.3, -0.25) is 19.1 Å². The normalized spacial score (nSPS) is 25.2. The van der Waals surface area contributed by atoms with E-state index in [0.717, 1.165) is 38.9 Å². The molecule has 1 saturated carbocycles. The number of hydrogen-bond donors (Lipinski definition) is 0. The Balaban J connectivity index is 1.35. The summed E-state index contributed by atoms with van der Waals surface area (Å²) in [6.07, 6.45) is 3.10. The van der Waals surface area contributed by atoms with E-state index >= 15 is 0 Å². The SMILES string of the molecule is Cc1ccc(CN2CC[C@@]3(C2)Cn2c(nn(CC4CC4)c(=O)c2=O)CO3)s1. The van der Waals surface area contributed by atoms with Crippen LogP contribution in [0.1, 0.15) is 34.8 Å². The number of rotatable bonds is 4. The third kappa shape index (κ3) is 3.30. The molecule has 5 rings (SSSR count). The molecule has 2 aromatic heterocycles. The average Bonchev–Trinajstić information content (AvgIpc) is 3.26. The Labute approximate surface area is 161 Å². The zero-order valence-electron chi connectivity index (χ0n) is 15.5. The molecule has 27 heavy (non-hydrogen) atoms. The maximum atomic E-state index is 12.7. The lowest BCUT2D eigenvalue weighted by atomic mass is 10.0. The molecule has 4 heterocycles. The summed E-state index contributed by atoms with van der Waals surface area (Å²) in [5.74, 6) is 1.08. The molecule has 3 aliphatic rings. The molecular weight excluding hydrogens is 364 g/mol. The molecule has 1 aliphatic carbocycles. The molecule has 0 amide bonds. The smallest absolute Gasteiger partial charge is 0.332 e. The first kappa shape index (κ1) is 17.3. The van der Waals surface area contributed by atoms with Crippen LogP contribution in [0.2, 0.25) is 0 Å². The Kier molecular flexibility index (Phi) is 4.10. The molecule has 2 fully saturated rings. The molecule has 2 aliphatic heterocycles. The molecular formula is C19H24N4O3S. The molecule has 0 N–H and O–H groups in total. The molecule has 1 spiro atoms. The van der Waals surface area contributed by atoms with Gasteiger partial charge in [-0.15, -0.1) is 11.3 Å². The topological polar surface area (TPSA) is 69.4 Å². The van der Waals surface area contributed by atoms with E-state index < -0.39 is 11.1 Å². The van der Waals surface area contributed by atoms with Gasteiger partial charge in [0.2, 0.25) is 0 Å². The van der Waals surface area contributed by atoms with Gasteiger partial charge in [0.05, 0.1) is 6.54 Å². The van der Waals surface area contributed by atoms with E-state index in [-0.39, 0.29) is 5.60 Å². The van der Waals surface area contributed by atoms with Crippen molar-refractivity contribution in [3.63, 3.8) is 0 Å². The van der Waals surface area contributed by atoms with Gasteiger partial charge >= 0.3 is 11.1 Å². The Hall–Kier alpha value is -1.77. The molecule has 7 nitrogen and oxygen atoms in total. The number of aromatic nitrogens is 3. The number of nitrogens with zero attached hydrogens (tertiary/aromatic N) is 4. The van der Waals surface area contributed by atoms with Crippen molar-refractivity contribution in [2.24, 2.45) is 5.92 Å². The summed E-state index contributed by atoms with van der Waals surface area (Å²) >= 11 is 1.82. The first-order chi connectivity index (χ1) is 13.0. The zero-order chi connectivity index (χ0) is 18.6. The average molecular weight is 388 g/mol. The number of thiophene rings is 1. The highest BCUT2D eigenvalue weighted by molar-refractivity contribution is 7.11. The minimum atomic E-state index is -0.494. The molecule has 0 radical (unpaired) electrons. The predicted octanol–water partition coefficient (Wildman–Crippen LogP) is 1.36. The number of likely N-dealkylation sites (tertiary alicyclic amines) is 1. The van der Waals surface area contributed by atoms with Crippen molar-refractivity contribution in [3.8, 4) is 0 Å². The highest BCUT2D eigenvalue weighted by atomic mass is 32.1. The lowest BCUT2D eigenvalue weighted by Crippen LogP contribution is -2.53. The Bertz CT molecular complexity index is 990. The molecule has 144 valence electrons. The third-order valence-corrected chi connectivity index (χ3v) is 6.85. The molecule has 2 aromatic rings. The van der Waals surface area contributed by atoms with Crippen molar-refractivity contribution in [1.82, 2.24) is 19.2 Å². The van der Waals surface area contributed by atoms with Crippen LogP contribution in [0.25, 0.3) is 0 Å². The largest absolute Gasteiger partial charge is 0.364 e. The summed E-state index contributed by atoms with van der Waals surface area (Å²) in [7, 11) is 0. The second-order valence-electron chi connectivity index (χ2n) is 8.18. The van der Waals surface area contributed by atoms with Gasteiger partial charge in [0.15, 0.2) is 5.82 Å². The molecule has 0 aromatic carbocycles. The van der Waals surface area contributed by atoms with Crippen LogP contribution in [0.5, 0.6) is 0 Å². The summed E-state index contributed by atoms with van der Waals surface area (Å²) in [4.78, 5) is 30.2. The van der Waals surface area contributed by atoms with Gasteiger partial charge in [-0.25, -0.2) is 4.68 Å². The second kappa shape index (κ2) is 6.39. The molecule has 1 saturated heterocycles. The van der Waals surface area contributed by atoms with Crippen LogP contribution >= 0.6 is 11.3 Å². The van der Waals surface area contributed by atoms with Gasteiger partial charge < -0.3 is 4.74 Å². The Morgan fingerprint density at radius 2 is 2.11 bits per heavy atom. The maximum Gasteiger partial charge on any atom is 0.332 e. The lowest BCUT2D eigenvalue weighted by Gasteiger charge is -2.35. The lowest BCUT2D eigenvalue weighted by molar-refractivity contribution is -0.0859. The highest BCUT2D eigenvalue weighted by Gasteiger charge is 2.43. The van der Waals surface area contributed by atoms with Crippen LogP contribution in [0.15, 0.2) is 21.7 Å². The summed E-state index contributed by atoms with van der Waals surface area (Å²) in [6.45, 7) is 6.03. The third-order valence-electron chi connectivity index (χ3n) is 5.86. The zero-order valence-corrected chi connectivity index (χ0v) is 16.3. The minimum absolute atomic E-state index is 0.298. The van der Waals surface area contributed by atoms with Gasteiger partial charge in [-0.05, 0) is 44.2 Å². The van der Waals surface area contributed by atoms with E-state index in [0.29, 0.717) is 31.4 Å². The van der Waals surface area contributed by atoms with Gasteiger partial charge in [0, 0.05) is 35.9 Å². The molecule has 1 atom stereocenters. The monoisotopic (exact) mass is 388 g/mol. The van der Waals surface area contributed by atoms with Crippen molar-refractivity contribution < 1.29 is 4.74 Å². The van der Waals surface area contributed by atoms with E-state index in [2.05, 4.69) is 29.1 Å². The van der Waals surface area contributed by atoms with Crippen molar-refractivity contribution in [2.45, 2.75) is 58.0 Å². The van der Waals surface area contributed by atoms with Crippen molar-refractivity contribution in [3.05, 3.63) is 48.4 Å². The quantitative estimate of drug-likeness (QED) is 0.740. The van der Waals surface area contributed by atoms with Crippen LogP contribution in [0.4, 0.5) is 0 Å². The fraction of sp³-hybridized carbons (Fsp3) is 0.632. The van der Waals surface area contributed by atoms with E-state index in [1.165, 1.54) is 14.4 Å². The van der Waals surface area contributed by atoms with Crippen molar-refractivity contribution >= 4 is 11.3 Å². The number of hydrogen-bond acceptors (Lipinski definition) is 6.